The normalized spacial score (nSPS) is 11.2. The van der Waals surface area contributed by atoms with Crippen LogP contribution in [0.1, 0.15) is 32.1 Å². The number of alkyl halides is 3. The van der Waals surface area contributed by atoms with Crippen LogP contribution in [0.2, 0.25) is 0 Å². The number of carbonyl (C=O) groups is 2. The Morgan fingerprint density at radius 2 is 1.80 bits per heavy atom. The lowest BCUT2D eigenvalue weighted by Gasteiger charge is -2.10. The minimum Gasteiger partial charge on any atom is -0.465 e. The molecule has 1 heterocycles. The number of hydrogen-bond acceptors (Lipinski definition) is 4. The second kappa shape index (κ2) is 8.86. The maximum atomic E-state index is 13.2. The summed E-state index contributed by atoms with van der Waals surface area (Å²) in [5.41, 5.74) is -0.0277. The number of para-hydroxylation sites is 1. The van der Waals surface area contributed by atoms with Crippen LogP contribution in [0.15, 0.2) is 54.6 Å². The zero-order valence-corrected chi connectivity index (χ0v) is 17.7. The summed E-state index contributed by atoms with van der Waals surface area (Å²) in [6.07, 6.45) is -4.69. The van der Waals surface area contributed by atoms with Crippen molar-refractivity contribution in [3.8, 4) is 5.69 Å². The molecule has 2 aromatic carbocycles. The highest BCUT2D eigenvalue weighted by atomic mass is 127. The summed E-state index contributed by atoms with van der Waals surface area (Å²) < 4.78 is 45.8. The van der Waals surface area contributed by atoms with Crippen LogP contribution in [0, 0.1) is 3.57 Å². The van der Waals surface area contributed by atoms with Crippen LogP contribution in [0.3, 0.4) is 0 Å². The molecule has 0 aliphatic heterocycles. The van der Waals surface area contributed by atoms with E-state index < -0.39 is 23.7 Å². The Bertz CT molecular complexity index is 1080. The second-order valence-electron chi connectivity index (χ2n) is 6.15. The largest absolute Gasteiger partial charge is 0.465 e. The fourth-order valence-corrected chi connectivity index (χ4v) is 3.25. The molecule has 0 fully saturated rings. The van der Waals surface area contributed by atoms with Gasteiger partial charge in [-0.05, 0) is 52.4 Å². The van der Waals surface area contributed by atoms with Gasteiger partial charge >= 0.3 is 12.1 Å². The number of rotatable bonds is 5. The van der Waals surface area contributed by atoms with Gasteiger partial charge in [0.15, 0.2) is 5.69 Å². The number of nitrogens with one attached hydrogen (secondary N) is 1. The Labute approximate surface area is 183 Å². The van der Waals surface area contributed by atoms with E-state index in [0.717, 1.165) is 10.7 Å². The van der Waals surface area contributed by atoms with E-state index in [0.29, 0.717) is 20.4 Å². The number of esters is 1. The highest BCUT2D eigenvalue weighted by molar-refractivity contribution is 14.1. The van der Waals surface area contributed by atoms with E-state index in [1.165, 1.54) is 19.2 Å². The number of benzene rings is 2. The predicted molar refractivity (Wildman–Crippen MR) is 110 cm³/mol. The average Bonchev–Trinajstić information content (AvgIpc) is 3.18. The molecule has 156 valence electrons. The molecule has 0 saturated heterocycles. The number of amides is 1. The molecule has 6 nitrogen and oxygen atoms in total. The monoisotopic (exact) mass is 529 g/mol. The van der Waals surface area contributed by atoms with Crippen molar-refractivity contribution in [1.82, 2.24) is 15.1 Å². The molecule has 10 heteroatoms. The van der Waals surface area contributed by atoms with E-state index in [1.807, 2.05) is 22.6 Å². The Morgan fingerprint density at radius 3 is 2.40 bits per heavy atom. The maximum absolute atomic E-state index is 13.2. The molecule has 0 aliphatic rings. The van der Waals surface area contributed by atoms with Crippen LogP contribution >= 0.6 is 22.6 Å². The van der Waals surface area contributed by atoms with Gasteiger partial charge in [-0.25, -0.2) is 9.48 Å². The molecule has 1 N–H and O–H groups in total. The fourth-order valence-electron chi connectivity index (χ4n) is 2.64. The van der Waals surface area contributed by atoms with Gasteiger partial charge < -0.3 is 10.1 Å². The van der Waals surface area contributed by atoms with Crippen molar-refractivity contribution in [2.45, 2.75) is 12.7 Å². The summed E-state index contributed by atoms with van der Waals surface area (Å²) in [6, 6.07) is 13.7. The van der Waals surface area contributed by atoms with Crippen molar-refractivity contribution >= 4 is 34.5 Å². The predicted octanol–water partition coefficient (Wildman–Crippen LogP) is 4.21. The van der Waals surface area contributed by atoms with Crippen molar-refractivity contribution in [1.29, 1.82) is 0 Å². The zero-order valence-electron chi connectivity index (χ0n) is 15.5. The minimum absolute atomic E-state index is 0.0543. The van der Waals surface area contributed by atoms with Crippen LogP contribution in [0.5, 0.6) is 0 Å². The number of halogens is 4. The first-order chi connectivity index (χ1) is 14.2. The third-order valence-electron chi connectivity index (χ3n) is 4.14. The van der Waals surface area contributed by atoms with Crippen LogP contribution in [0.4, 0.5) is 13.2 Å². The number of aromatic nitrogens is 2. The quantitative estimate of drug-likeness (QED) is 0.397. The first-order valence-electron chi connectivity index (χ1n) is 8.58. The topological polar surface area (TPSA) is 73.2 Å². The Hall–Kier alpha value is -2.89. The summed E-state index contributed by atoms with van der Waals surface area (Å²) in [5.74, 6) is -1.21. The summed E-state index contributed by atoms with van der Waals surface area (Å²) in [4.78, 5) is 24.1. The van der Waals surface area contributed by atoms with Crippen LogP contribution in [-0.4, -0.2) is 28.8 Å². The van der Waals surface area contributed by atoms with Crippen molar-refractivity contribution < 1.29 is 27.5 Å². The van der Waals surface area contributed by atoms with Gasteiger partial charge in [0, 0.05) is 16.2 Å². The van der Waals surface area contributed by atoms with Crippen molar-refractivity contribution in [3.05, 3.63) is 80.7 Å². The third-order valence-corrected chi connectivity index (χ3v) is 5.05. The first-order valence-corrected chi connectivity index (χ1v) is 9.66. The molecule has 0 saturated carbocycles. The van der Waals surface area contributed by atoms with Crippen molar-refractivity contribution in [2.75, 3.05) is 7.11 Å². The lowest BCUT2D eigenvalue weighted by Crippen LogP contribution is -2.25. The molecule has 0 radical (unpaired) electrons. The summed E-state index contributed by atoms with van der Waals surface area (Å²) >= 11 is 1.96. The van der Waals surface area contributed by atoms with Crippen LogP contribution in [0.25, 0.3) is 5.69 Å². The summed E-state index contributed by atoms with van der Waals surface area (Å²) in [5, 5.41) is 6.19. The second-order valence-corrected chi connectivity index (χ2v) is 7.31. The van der Waals surface area contributed by atoms with Gasteiger partial charge in [-0.3, -0.25) is 4.79 Å². The molecular formula is C20H15F3IN3O3. The first kappa shape index (κ1) is 21.8. The van der Waals surface area contributed by atoms with Gasteiger partial charge in [0.25, 0.3) is 5.91 Å². The van der Waals surface area contributed by atoms with E-state index in [4.69, 9.17) is 0 Å². The van der Waals surface area contributed by atoms with Gasteiger partial charge in [0.2, 0.25) is 0 Å². The molecule has 1 aromatic heterocycles. The van der Waals surface area contributed by atoms with Gasteiger partial charge in [0.05, 0.1) is 18.4 Å². The van der Waals surface area contributed by atoms with Gasteiger partial charge in [-0.15, -0.1) is 0 Å². The Kier molecular flexibility index (Phi) is 6.44. The highest BCUT2D eigenvalue weighted by Gasteiger charge is 2.36. The lowest BCUT2D eigenvalue weighted by atomic mass is 10.1. The van der Waals surface area contributed by atoms with E-state index >= 15 is 0 Å². The van der Waals surface area contributed by atoms with E-state index in [2.05, 4.69) is 15.2 Å². The molecular weight excluding hydrogens is 514 g/mol. The molecule has 30 heavy (non-hydrogen) atoms. The SMILES string of the molecule is COC(=O)c1ccc(CNC(=O)c2cc(C(F)(F)F)nn2-c2ccccc2I)cc1. The highest BCUT2D eigenvalue weighted by Crippen LogP contribution is 2.30. The van der Waals surface area contributed by atoms with Crippen LogP contribution in [-0.2, 0) is 17.5 Å². The van der Waals surface area contributed by atoms with Gasteiger partial charge in [0.1, 0.15) is 5.69 Å². The van der Waals surface area contributed by atoms with Gasteiger partial charge in [-0.2, -0.15) is 18.3 Å². The van der Waals surface area contributed by atoms with Crippen LogP contribution < -0.4 is 5.32 Å². The number of ether oxygens (including phenoxy) is 1. The number of nitrogens with zero attached hydrogens (tertiary/aromatic N) is 2. The standard InChI is InChI=1S/C20H15F3IN3O3/c1-30-19(29)13-8-6-12(7-9-13)11-25-18(28)16-10-17(20(21,22)23)26-27(16)15-5-3-2-4-14(15)24/h2-10H,11H2,1H3,(H,25,28). The zero-order chi connectivity index (χ0) is 21.9. The molecule has 0 atom stereocenters. The lowest BCUT2D eigenvalue weighted by molar-refractivity contribution is -0.141. The molecule has 0 unspecified atom stereocenters. The molecule has 0 aliphatic carbocycles. The summed E-state index contributed by atoms with van der Waals surface area (Å²) in [6.45, 7) is 0.0543. The summed E-state index contributed by atoms with van der Waals surface area (Å²) in [7, 11) is 1.27. The van der Waals surface area contributed by atoms with Crippen molar-refractivity contribution in [2.24, 2.45) is 0 Å². The van der Waals surface area contributed by atoms with E-state index in [1.54, 1.807) is 36.4 Å². The smallest absolute Gasteiger partial charge is 0.435 e. The minimum atomic E-state index is -4.69. The Morgan fingerprint density at radius 1 is 1.13 bits per heavy atom. The number of carbonyl (C=O) groups excluding carboxylic acids is 2. The van der Waals surface area contributed by atoms with E-state index in [9.17, 15) is 22.8 Å². The molecule has 0 spiro atoms. The fraction of sp³-hybridized carbons (Fsp3) is 0.150. The maximum Gasteiger partial charge on any atom is 0.435 e. The van der Waals surface area contributed by atoms with Crippen molar-refractivity contribution in [3.63, 3.8) is 0 Å². The van der Waals surface area contributed by atoms with E-state index in [-0.39, 0.29) is 12.2 Å². The molecule has 1 amide bonds. The average molecular weight is 529 g/mol. The molecule has 3 rings (SSSR count). The van der Waals surface area contributed by atoms with Gasteiger partial charge in [-0.1, -0.05) is 24.3 Å². The Balaban J connectivity index is 1.85. The number of methoxy groups -OCH3 is 1. The number of hydrogen-bond donors (Lipinski definition) is 1. The molecule has 0 bridgehead atoms. The molecule has 3 aromatic rings. The third kappa shape index (κ3) is 4.81.